The molecule has 1 saturated heterocycles. The summed E-state index contributed by atoms with van der Waals surface area (Å²) in [6.07, 6.45) is 5.00. The molecule has 27 heavy (non-hydrogen) atoms. The van der Waals surface area contributed by atoms with Gasteiger partial charge in [0.1, 0.15) is 0 Å². The molecule has 1 atom stereocenters. The number of carbonyl (C=O) groups is 1. The first-order valence-electron chi connectivity index (χ1n) is 9.87. The maximum atomic E-state index is 12.2. The molecule has 2 aliphatic rings. The predicted molar refractivity (Wildman–Crippen MR) is 102 cm³/mol. The molecular formula is C19H29N7O. The summed E-state index contributed by atoms with van der Waals surface area (Å²) in [6.45, 7) is 7.17. The number of rotatable bonds is 5. The third kappa shape index (κ3) is 4.00. The lowest BCUT2D eigenvalue weighted by molar-refractivity contribution is 0.157. The molecule has 2 aromatic rings. The van der Waals surface area contributed by atoms with Crippen molar-refractivity contribution in [1.29, 1.82) is 0 Å². The van der Waals surface area contributed by atoms with E-state index in [2.05, 4.69) is 37.2 Å². The Bertz CT molecular complexity index is 790. The molecule has 0 bridgehead atoms. The van der Waals surface area contributed by atoms with Gasteiger partial charge in [0.25, 0.3) is 0 Å². The number of aromatic nitrogens is 4. The number of hydrogen-bond donors (Lipinski definition) is 1. The molecule has 1 N–H and O–H groups in total. The first-order valence-corrected chi connectivity index (χ1v) is 9.87. The lowest BCUT2D eigenvalue weighted by Crippen LogP contribution is -2.41. The Labute approximate surface area is 160 Å². The summed E-state index contributed by atoms with van der Waals surface area (Å²) in [6, 6.07) is 4.59. The second-order valence-electron chi connectivity index (χ2n) is 7.71. The third-order valence-corrected chi connectivity index (χ3v) is 5.58. The van der Waals surface area contributed by atoms with E-state index >= 15 is 0 Å². The highest BCUT2D eigenvalue weighted by Crippen LogP contribution is 2.24. The van der Waals surface area contributed by atoms with Crippen LogP contribution in [0.1, 0.15) is 42.4 Å². The quantitative estimate of drug-likeness (QED) is 0.868. The van der Waals surface area contributed by atoms with E-state index in [9.17, 15) is 4.79 Å². The summed E-state index contributed by atoms with van der Waals surface area (Å²) in [5.41, 5.74) is 3.51. The van der Waals surface area contributed by atoms with Crippen LogP contribution in [-0.4, -0.2) is 61.6 Å². The van der Waals surface area contributed by atoms with Gasteiger partial charge < -0.3 is 10.2 Å². The molecule has 2 amide bonds. The first kappa shape index (κ1) is 18.0. The summed E-state index contributed by atoms with van der Waals surface area (Å²) < 4.78 is 4.10. The minimum atomic E-state index is 0.0752. The molecule has 0 aromatic carbocycles. The summed E-state index contributed by atoms with van der Waals surface area (Å²) in [7, 11) is 2.00. The predicted octanol–water partition coefficient (Wildman–Crippen LogP) is 1.68. The summed E-state index contributed by atoms with van der Waals surface area (Å²) >= 11 is 0. The van der Waals surface area contributed by atoms with Gasteiger partial charge >= 0.3 is 6.03 Å². The first-order chi connectivity index (χ1) is 13.1. The molecule has 0 aliphatic carbocycles. The van der Waals surface area contributed by atoms with E-state index in [1.807, 2.05) is 29.7 Å². The SMILES string of the molecule is Cc1cc(CN2Cc3ccnn3C(CCNC(=O)N3CCCC3)C2)n(C)n1. The van der Waals surface area contributed by atoms with Gasteiger partial charge in [-0.15, -0.1) is 0 Å². The molecular weight excluding hydrogens is 342 g/mol. The fourth-order valence-electron chi connectivity index (χ4n) is 4.22. The largest absolute Gasteiger partial charge is 0.338 e. The Balaban J connectivity index is 1.36. The number of aryl methyl sites for hydroxylation is 2. The molecule has 2 aliphatic heterocycles. The fraction of sp³-hybridized carbons (Fsp3) is 0.632. The number of carbonyl (C=O) groups excluding carboxylic acids is 1. The lowest BCUT2D eigenvalue weighted by Gasteiger charge is -2.34. The summed E-state index contributed by atoms with van der Waals surface area (Å²) in [5.74, 6) is 0. The molecule has 0 radical (unpaired) electrons. The van der Waals surface area contributed by atoms with Gasteiger partial charge in [0.2, 0.25) is 0 Å². The summed E-state index contributed by atoms with van der Waals surface area (Å²) in [5, 5.41) is 12.1. The zero-order valence-electron chi connectivity index (χ0n) is 16.3. The van der Waals surface area contributed by atoms with Gasteiger partial charge in [0.15, 0.2) is 0 Å². The number of amides is 2. The van der Waals surface area contributed by atoms with Gasteiger partial charge in [-0.1, -0.05) is 0 Å². The van der Waals surface area contributed by atoms with Gasteiger partial charge in [-0.2, -0.15) is 10.2 Å². The molecule has 146 valence electrons. The Morgan fingerprint density at radius 2 is 2.15 bits per heavy atom. The van der Waals surface area contributed by atoms with E-state index in [1.165, 1.54) is 11.4 Å². The number of hydrogen-bond acceptors (Lipinski definition) is 4. The van der Waals surface area contributed by atoms with Crippen molar-refractivity contribution in [2.45, 2.75) is 45.3 Å². The smallest absolute Gasteiger partial charge is 0.317 e. The van der Waals surface area contributed by atoms with Gasteiger partial charge in [0.05, 0.1) is 23.1 Å². The molecule has 4 rings (SSSR count). The van der Waals surface area contributed by atoms with Crippen molar-refractivity contribution in [1.82, 2.24) is 34.7 Å². The van der Waals surface area contributed by atoms with E-state index in [1.54, 1.807) is 0 Å². The normalized spacial score (nSPS) is 20.1. The van der Waals surface area contributed by atoms with Crippen LogP contribution in [0.2, 0.25) is 0 Å². The maximum Gasteiger partial charge on any atom is 0.317 e. The highest BCUT2D eigenvalue weighted by atomic mass is 16.2. The molecule has 1 fully saturated rings. The zero-order chi connectivity index (χ0) is 18.8. The number of likely N-dealkylation sites (tertiary alicyclic amines) is 1. The van der Waals surface area contributed by atoms with Crippen molar-refractivity contribution in [2.75, 3.05) is 26.2 Å². The minimum Gasteiger partial charge on any atom is -0.338 e. The van der Waals surface area contributed by atoms with Crippen LogP contribution in [0.5, 0.6) is 0 Å². The summed E-state index contributed by atoms with van der Waals surface area (Å²) in [4.78, 5) is 16.6. The van der Waals surface area contributed by atoms with Crippen molar-refractivity contribution in [3.63, 3.8) is 0 Å². The Morgan fingerprint density at radius 1 is 1.33 bits per heavy atom. The standard InChI is InChI=1S/C19H29N7O/c1-15-11-18(23(2)22-15)14-24-12-16(26-17(13-24)6-8-21-26)5-7-20-19(27)25-9-3-4-10-25/h6,8,11,16H,3-5,7,9-10,12-14H2,1-2H3,(H,20,27). The van der Waals surface area contributed by atoms with E-state index < -0.39 is 0 Å². The highest BCUT2D eigenvalue weighted by Gasteiger charge is 2.26. The van der Waals surface area contributed by atoms with Crippen LogP contribution < -0.4 is 5.32 Å². The van der Waals surface area contributed by atoms with Crippen LogP contribution in [0.3, 0.4) is 0 Å². The van der Waals surface area contributed by atoms with E-state index in [4.69, 9.17) is 0 Å². The number of urea groups is 1. The van der Waals surface area contributed by atoms with E-state index in [0.717, 1.165) is 57.7 Å². The van der Waals surface area contributed by atoms with Crippen LogP contribution in [0.25, 0.3) is 0 Å². The van der Waals surface area contributed by atoms with Crippen molar-refractivity contribution >= 4 is 6.03 Å². The van der Waals surface area contributed by atoms with Gasteiger partial charge in [0, 0.05) is 52.5 Å². The Morgan fingerprint density at radius 3 is 2.89 bits per heavy atom. The number of nitrogens with one attached hydrogen (secondary N) is 1. The van der Waals surface area contributed by atoms with E-state index in [-0.39, 0.29) is 12.1 Å². The molecule has 4 heterocycles. The Kier molecular flexibility index (Phi) is 5.15. The Hall–Kier alpha value is -2.35. The van der Waals surface area contributed by atoms with Crippen molar-refractivity contribution < 1.29 is 4.79 Å². The van der Waals surface area contributed by atoms with Crippen LogP contribution >= 0.6 is 0 Å². The molecule has 8 heteroatoms. The zero-order valence-corrected chi connectivity index (χ0v) is 16.3. The number of nitrogens with zero attached hydrogens (tertiary/aromatic N) is 6. The van der Waals surface area contributed by atoms with Gasteiger partial charge in [-0.3, -0.25) is 14.3 Å². The maximum absolute atomic E-state index is 12.2. The van der Waals surface area contributed by atoms with Gasteiger partial charge in [-0.05, 0) is 38.3 Å². The van der Waals surface area contributed by atoms with Crippen LogP contribution in [0.4, 0.5) is 4.79 Å². The van der Waals surface area contributed by atoms with Crippen LogP contribution in [0.15, 0.2) is 18.3 Å². The van der Waals surface area contributed by atoms with Crippen molar-refractivity contribution in [3.8, 4) is 0 Å². The molecule has 2 aromatic heterocycles. The molecule has 0 spiro atoms. The van der Waals surface area contributed by atoms with E-state index in [0.29, 0.717) is 6.54 Å². The van der Waals surface area contributed by atoms with Gasteiger partial charge in [-0.25, -0.2) is 4.79 Å². The van der Waals surface area contributed by atoms with Crippen molar-refractivity contribution in [2.24, 2.45) is 7.05 Å². The third-order valence-electron chi connectivity index (χ3n) is 5.58. The van der Waals surface area contributed by atoms with Crippen LogP contribution in [0, 0.1) is 6.92 Å². The molecule has 1 unspecified atom stereocenters. The van der Waals surface area contributed by atoms with Crippen molar-refractivity contribution in [3.05, 3.63) is 35.4 Å². The average Bonchev–Trinajstić information content (AvgIpc) is 3.37. The lowest BCUT2D eigenvalue weighted by atomic mass is 10.1. The average molecular weight is 371 g/mol. The molecule has 8 nitrogen and oxygen atoms in total. The fourth-order valence-corrected chi connectivity index (χ4v) is 4.22. The minimum absolute atomic E-state index is 0.0752. The second-order valence-corrected chi connectivity index (χ2v) is 7.71. The topological polar surface area (TPSA) is 71.2 Å². The van der Waals surface area contributed by atoms with Crippen LogP contribution in [-0.2, 0) is 20.1 Å². The number of fused-ring (bicyclic) bond motifs is 1. The second kappa shape index (κ2) is 7.72. The highest BCUT2D eigenvalue weighted by molar-refractivity contribution is 5.74. The monoisotopic (exact) mass is 371 g/mol. The molecule has 0 saturated carbocycles.